The monoisotopic (exact) mass is 282 g/mol. The second-order valence-corrected chi connectivity index (χ2v) is 6.40. The molecule has 20 heavy (non-hydrogen) atoms. The number of nitrogens with one attached hydrogen (secondary N) is 2. The van der Waals surface area contributed by atoms with Crippen LogP contribution in [0.5, 0.6) is 0 Å². The van der Waals surface area contributed by atoms with Crippen LogP contribution in [0.3, 0.4) is 0 Å². The summed E-state index contributed by atoms with van der Waals surface area (Å²) in [5.74, 6) is -1.01. The maximum atomic E-state index is 11.7. The zero-order valence-corrected chi connectivity index (χ0v) is 12.7. The van der Waals surface area contributed by atoms with Crippen molar-refractivity contribution in [1.29, 1.82) is 0 Å². The number of carboxylic acid groups (broad SMARTS) is 1. The van der Waals surface area contributed by atoms with E-state index in [0.717, 1.165) is 19.3 Å². The smallest absolute Gasteiger partial charge is 0.326 e. The molecule has 0 bridgehead atoms. The molecule has 2 amide bonds. The second kappa shape index (κ2) is 7.31. The molecule has 5 heteroatoms. The highest BCUT2D eigenvalue weighted by atomic mass is 16.4. The molecular formula is C15H26N2O3. The first-order chi connectivity index (χ1) is 9.30. The fourth-order valence-corrected chi connectivity index (χ4v) is 2.30. The lowest BCUT2D eigenvalue weighted by molar-refractivity contribution is -0.141. The van der Waals surface area contributed by atoms with Crippen LogP contribution in [0, 0.1) is 5.41 Å². The topological polar surface area (TPSA) is 78.4 Å². The number of carbonyl (C=O) groups is 2. The van der Waals surface area contributed by atoms with E-state index in [9.17, 15) is 9.59 Å². The summed E-state index contributed by atoms with van der Waals surface area (Å²) in [6.07, 6.45) is 7.82. The van der Waals surface area contributed by atoms with Gasteiger partial charge in [-0.3, -0.25) is 0 Å². The maximum Gasteiger partial charge on any atom is 0.326 e. The molecule has 0 heterocycles. The molecule has 1 atom stereocenters. The molecule has 0 aliphatic heterocycles. The van der Waals surface area contributed by atoms with E-state index in [4.69, 9.17) is 5.11 Å². The fraction of sp³-hybridized carbons (Fsp3) is 0.733. The van der Waals surface area contributed by atoms with Gasteiger partial charge in [0.15, 0.2) is 0 Å². The highest BCUT2D eigenvalue weighted by molar-refractivity contribution is 5.83. The standard InChI is InChI=1S/C15H26N2O3/c1-15(2,3)12(13(18)19)17-14(20)16-10-9-11-7-5-4-6-8-11/h7,12H,4-6,8-10H2,1-3H3,(H,18,19)(H2,16,17,20)/t12-/m0/s1. The molecule has 114 valence electrons. The van der Waals surface area contributed by atoms with Crippen LogP contribution < -0.4 is 10.6 Å². The Morgan fingerprint density at radius 3 is 2.55 bits per heavy atom. The lowest BCUT2D eigenvalue weighted by Gasteiger charge is -2.27. The van der Waals surface area contributed by atoms with Gasteiger partial charge in [-0.05, 0) is 37.5 Å². The third kappa shape index (κ3) is 5.63. The van der Waals surface area contributed by atoms with E-state index in [1.165, 1.54) is 18.4 Å². The third-order valence-electron chi connectivity index (χ3n) is 3.51. The molecule has 1 rings (SSSR count). The van der Waals surface area contributed by atoms with Crippen molar-refractivity contribution in [2.45, 2.75) is 58.9 Å². The molecule has 0 aromatic heterocycles. The summed E-state index contributed by atoms with van der Waals surface area (Å²) in [5.41, 5.74) is 0.872. The Morgan fingerprint density at radius 2 is 2.05 bits per heavy atom. The Morgan fingerprint density at radius 1 is 1.35 bits per heavy atom. The summed E-state index contributed by atoms with van der Waals surface area (Å²) in [6.45, 7) is 5.92. The Labute approximate surface area is 120 Å². The van der Waals surface area contributed by atoms with Gasteiger partial charge in [-0.1, -0.05) is 32.4 Å². The second-order valence-electron chi connectivity index (χ2n) is 6.40. The van der Waals surface area contributed by atoms with Gasteiger partial charge in [0, 0.05) is 6.54 Å². The average Bonchev–Trinajstić information content (AvgIpc) is 2.35. The zero-order chi connectivity index (χ0) is 15.2. The molecule has 0 spiro atoms. The summed E-state index contributed by atoms with van der Waals surface area (Å²) in [4.78, 5) is 22.9. The molecule has 0 aromatic carbocycles. The largest absolute Gasteiger partial charge is 0.480 e. The summed E-state index contributed by atoms with van der Waals surface area (Å²) in [5, 5.41) is 14.4. The van der Waals surface area contributed by atoms with Gasteiger partial charge in [0.1, 0.15) is 6.04 Å². The summed E-state index contributed by atoms with van der Waals surface area (Å²) >= 11 is 0. The highest BCUT2D eigenvalue weighted by Gasteiger charge is 2.32. The lowest BCUT2D eigenvalue weighted by atomic mass is 9.87. The van der Waals surface area contributed by atoms with Crippen LogP contribution >= 0.6 is 0 Å². The minimum Gasteiger partial charge on any atom is -0.480 e. The molecule has 0 saturated heterocycles. The Kier molecular flexibility index (Phi) is 6.05. The van der Waals surface area contributed by atoms with E-state index in [1.807, 2.05) is 0 Å². The first-order valence-electron chi connectivity index (χ1n) is 7.26. The number of carboxylic acids is 1. The summed E-state index contributed by atoms with van der Waals surface area (Å²) in [6, 6.07) is -1.31. The molecule has 3 N–H and O–H groups in total. The molecule has 0 fully saturated rings. The molecule has 0 saturated carbocycles. The SMILES string of the molecule is CC(C)(C)[C@@H](NC(=O)NCCC1=CCCCC1)C(=O)O. The molecule has 0 unspecified atom stereocenters. The molecule has 5 nitrogen and oxygen atoms in total. The third-order valence-corrected chi connectivity index (χ3v) is 3.51. The van der Waals surface area contributed by atoms with Crippen molar-refractivity contribution >= 4 is 12.0 Å². The van der Waals surface area contributed by atoms with Crippen molar-refractivity contribution < 1.29 is 14.7 Å². The van der Waals surface area contributed by atoms with Crippen LogP contribution in [0.4, 0.5) is 4.79 Å². The number of amides is 2. The normalized spacial score (nSPS) is 17.1. The Hall–Kier alpha value is -1.52. The summed E-state index contributed by atoms with van der Waals surface area (Å²) in [7, 11) is 0. The van der Waals surface area contributed by atoms with Gasteiger partial charge < -0.3 is 15.7 Å². The molecule has 0 aromatic rings. The first kappa shape index (κ1) is 16.5. The minimum atomic E-state index is -1.01. The van der Waals surface area contributed by atoms with Gasteiger partial charge in [0.25, 0.3) is 0 Å². The predicted octanol–water partition coefficient (Wildman–Crippen LogP) is 2.68. The van der Waals surface area contributed by atoms with Gasteiger partial charge in [0.2, 0.25) is 0 Å². The van der Waals surface area contributed by atoms with Crippen molar-refractivity contribution in [3.05, 3.63) is 11.6 Å². The van der Waals surface area contributed by atoms with E-state index in [-0.39, 0.29) is 0 Å². The van der Waals surface area contributed by atoms with E-state index in [0.29, 0.717) is 6.54 Å². The number of urea groups is 1. The number of hydrogen-bond acceptors (Lipinski definition) is 2. The van der Waals surface area contributed by atoms with Crippen molar-refractivity contribution in [2.75, 3.05) is 6.54 Å². The van der Waals surface area contributed by atoms with Crippen molar-refractivity contribution in [2.24, 2.45) is 5.41 Å². The Bertz CT molecular complexity index is 383. The van der Waals surface area contributed by atoms with E-state index < -0.39 is 23.5 Å². The van der Waals surface area contributed by atoms with Crippen molar-refractivity contribution in [1.82, 2.24) is 10.6 Å². The van der Waals surface area contributed by atoms with E-state index >= 15 is 0 Å². The van der Waals surface area contributed by atoms with Gasteiger partial charge in [-0.25, -0.2) is 9.59 Å². The van der Waals surface area contributed by atoms with Crippen LogP contribution in [-0.2, 0) is 4.79 Å². The lowest BCUT2D eigenvalue weighted by Crippen LogP contribution is -2.52. The minimum absolute atomic E-state index is 0.413. The van der Waals surface area contributed by atoms with Gasteiger partial charge in [-0.15, -0.1) is 0 Å². The van der Waals surface area contributed by atoms with Gasteiger partial charge >= 0.3 is 12.0 Å². The molecule has 1 aliphatic carbocycles. The number of carbonyl (C=O) groups excluding carboxylic acids is 1. The number of hydrogen-bond donors (Lipinski definition) is 3. The van der Waals surface area contributed by atoms with Crippen LogP contribution in [0.15, 0.2) is 11.6 Å². The number of aliphatic carboxylic acids is 1. The van der Waals surface area contributed by atoms with E-state index in [1.54, 1.807) is 20.8 Å². The van der Waals surface area contributed by atoms with Crippen molar-refractivity contribution in [3.63, 3.8) is 0 Å². The Balaban J connectivity index is 2.35. The van der Waals surface area contributed by atoms with Crippen LogP contribution in [0.2, 0.25) is 0 Å². The van der Waals surface area contributed by atoms with E-state index in [2.05, 4.69) is 16.7 Å². The summed E-state index contributed by atoms with van der Waals surface area (Å²) < 4.78 is 0. The highest BCUT2D eigenvalue weighted by Crippen LogP contribution is 2.20. The van der Waals surface area contributed by atoms with Crippen molar-refractivity contribution in [3.8, 4) is 0 Å². The van der Waals surface area contributed by atoms with Crippen LogP contribution in [0.1, 0.15) is 52.9 Å². The zero-order valence-electron chi connectivity index (χ0n) is 12.7. The quantitative estimate of drug-likeness (QED) is 0.678. The van der Waals surface area contributed by atoms with Gasteiger partial charge in [0.05, 0.1) is 0 Å². The first-order valence-corrected chi connectivity index (χ1v) is 7.26. The average molecular weight is 282 g/mol. The van der Waals surface area contributed by atoms with Crippen LogP contribution in [-0.4, -0.2) is 29.7 Å². The fourth-order valence-electron chi connectivity index (χ4n) is 2.30. The molecule has 1 aliphatic rings. The molecular weight excluding hydrogens is 256 g/mol. The predicted molar refractivity (Wildman–Crippen MR) is 78.6 cm³/mol. The van der Waals surface area contributed by atoms with Crippen LogP contribution in [0.25, 0.3) is 0 Å². The van der Waals surface area contributed by atoms with Gasteiger partial charge in [-0.2, -0.15) is 0 Å². The maximum absolute atomic E-state index is 11.7. The number of allylic oxidation sites excluding steroid dienone is 1. The number of rotatable bonds is 5. The molecule has 0 radical (unpaired) electrons.